The Kier molecular flexibility index (Phi) is 6.99. The smallest absolute Gasteiger partial charge is 0.307 e. The predicted molar refractivity (Wildman–Crippen MR) is 76.1 cm³/mol. The van der Waals surface area contributed by atoms with Gasteiger partial charge in [0.05, 0.1) is 11.8 Å². The van der Waals surface area contributed by atoms with E-state index in [0.29, 0.717) is 25.8 Å². The van der Waals surface area contributed by atoms with Gasteiger partial charge in [-0.05, 0) is 37.5 Å². The molecule has 0 aromatic heterocycles. The third-order valence-electron chi connectivity index (χ3n) is 4.25. The highest BCUT2D eigenvalue weighted by Gasteiger charge is 2.41. The molecule has 0 spiro atoms. The van der Waals surface area contributed by atoms with E-state index in [2.05, 4.69) is 12.2 Å². The van der Waals surface area contributed by atoms with Gasteiger partial charge in [-0.25, -0.2) is 0 Å². The van der Waals surface area contributed by atoms with Gasteiger partial charge in [0, 0.05) is 13.2 Å². The number of rotatable bonds is 8. The van der Waals surface area contributed by atoms with Crippen molar-refractivity contribution < 1.29 is 19.8 Å². The van der Waals surface area contributed by atoms with E-state index >= 15 is 0 Å². The quantitative estimate of drug-likeness (QED) is 0.633. The van der Waals surface area contributed by atoms with Gasteiger partial charge in [0.2, 0.25) is 5.91 Å². The zero-order valence-corrected chi connectivity index (χ0v) is 12.5. The minimum Gasteiger partial charge on any atom is -0.481 e. The summed E-state index contributed by atoms with van der Waals surface area (Å²) in [7, 11) is 0. The molecule has 1 aliphatic rings. The van der Waals surface area contributed by atoms with Crippen LogP contribution in [0.25, 0.3) is 0 Å². The van der Waals surface area contributed by atoms with Crippen LogP contribution < -0.4 is 5.32 Å². The van der Waals surface area contributed by atoms with Gasteiger partial charge in [-0.1, -0.05) is 20.3 Å². The summed E-state index contributed by atoms with van der Waals surface area (Å²) in [5.74, 6) is -1.39. The maximum absolute atomic E-state index is 12.2. The fraction of sp³-hybridized carbons (Fsp3) is 0.867. The minimum absolute atomic E-state index is 0.124. The van der Waals surface area contributed by atoms with Crippen LogP contribution in [0.1, 0.15) is 46.0 Å². The van der Waals surface area contributed by atoms with E-state index in [1.807, 2.05) is 6.92 Å². The average Bonchev–Trinajstić information content (AvgIpc) is 2.78. The maximum atomic E-state index is 12.2. The van der Waals surface area contributed by atoms with E-state index in [9.17, 15) is 14.7 Å². The van der Waals surface area contributed by atoms with E-state index in [1.54, 1.807) is 0 Å². The third-order valence-corrected chi connectivity index (χ3v) is 4.25. The highest BCUT2D eigenvalue weighted by Crippen LogP contribution is 2.36. The van der Waals surface area contributed by atoms with Gasteiger partial charge >= 0.3 is 5.97 Å². The van der Waals surface area contributed by atoms with E-state index in [0.717, 1.165) is 12.8 Å². The lowest BCUT2D eigenvalue weighted by Crippen LogP contribution is -2.38. The Morgan fingerprint density at radius 1 is 1.25 bits per heavy atom. The molecular weight excluding hydrogens is 258 g/mol. The fourth-order valence-corrected chi connectivity index (χ4v) is 3.17. The molecule has 4 atom stereocenters. The predicted octanol–water partition coefficient (Wildman–Crippen LogP) is 1.65. The molecule has 0 bridgehead atoms. The molecule has 1 saturated carbocycles. The molecule has 1 fully saturated rings. The van der Waals surface area contributed by atoms with E-state index in [4.69, 9.17) is 5.11 Å². The van der Waals surface area contributed by atoms with Crippen molar-refractivity contribution in [2.45, 2.75) is 46.0 Å². The first-order valence-electron chi connectivity index (χ1n) is 7.60. The molecule has 0 aromatic carbocycles. The maximum Gasteiger partial charge on any atom is 0.307 e. The normalized spacial score (nSPS) is 27.2. The summed E-state index contributed by atoms with van der Waals surface area (Å²) in [6, 6.07) is 0. The van der Waals surface area contributed by atoms with Crippen LogP contribution in [0.4, 0.5) is 0 Å². The molecule has 3 N–H and O–H groups in total. The fourth-order valence-electron chi connectivity index (χ4n) is 3.17. The Hall–Kier alpha value is -1.10. The second-order valence-corrected chi connectivity index (χ2v) is 6.04. The molecule has 2 unspecified atom stereocenters. The van der Waals surface area contributed by atoms with Gasteiger partial charge in [0.25, 0.3) is 0 Å². The number of carboxylic acid groups (broad SMARTS) is 1. The zero-order valence-electron chi connectivity index (χ0n) is 12.5. The Morgan fingerprint density at radius 2 is 1.90 bits per heavy atom. The van der Waals surface area contributed by atoms with Crippen molar-refractivity contribution in [1.29, 1.82) is 0 Å². The van der Waals surface area contributed by atoms with Gasteiger partial charge in [-0.2, -0.15) is 0 Å². The topological polar surface area (TPSA) is 86.6 Å². The molecule has 1 aliphatic carbocycles. The van der Waals surface area contributed by atoms with Gasteiger partial charge in [0.1, 0.15) is 0 Å². The summed E-state index contributed by atoms with van der Waals surface area (Å²) >= 11 is 0. The van der Waals surface area contributed by atoms with Gasteiger partial charge in [-0.15, -0.1) is 0 Å². The standard InChI is InChI=1S/C15H27NO4/c1-3-4-11(5-6-17)9-16-14(18)12-7-10(2)8-13(12)15(19)20/h10-13,17H,3-9H2,1-2H3,(H,16,18)(H,19,20)/t10?,11?,12-,13+/m0/s1. The summed E-state index contributed by atoms with van der Waals surface area (Å²) < 4.78 is 0. The molecule has 5 heteroatoms. The number of carbonyl (C=O) groups is 2. The summed E-state index contributed by atoms with van der Waals surface area (Å²) in [5, 5.41) is 21.1. The molecule has 20 heavy (non-hydrogen) atoms. The Balaban J connectivity index is 2.50. The second-order valence-electron chi connectivity index (χ2n) is 6.04. The van der Waals surface area contributed by atoms with Crippen LogP contribution in [0.3, 0.4) is 0 Å². The molecule has 1 rings (SSSR count). The highest BCUT2D eigenvalue weighted by molar-refractivity contribution is 5.85. The number of hydrogen-bond donors (Lipinski definition) is 3. The number of aliphatic carboxylic acids is 1. The molecule has 0 radical (unpaired) electrons. The summed E-state index contributed by atoms with van der Waals surface area (Å²) in [5.41, 5.74) is 0. The van der Waals surface area contributed by atoms with E-state index < -0.39 is 17.8 Å². The molecular formula is C15H27NO4. The van der Waals surface area contributed by atoms with Crippen LogP contribution in [0, 0.1) is 23.7 Å². The number of carbonyl (C=O) groups excluding carboxylic acids is 1. The lowest BCUT2D eigenvalue weighted by atomic mass is 9.94. The number of aliphatic hydroxyl groups is 1. The molecule has 0 aliphatic heterocycles. The number of carboxylic acids is 1. The monoisotopic (exact) mass is 285 g/mol. The number of hydrogen-bond acceptors (Lipinski definition) is 3. The van der Waals surface area contributed by atoms with Crippen molar-refractivity contribution in [3.05, 3.63) is 0 Å². The van der Waals surface area contributed by atoms with Crippen molar-refractivity contribution in [3.63, 3.8) is 0 Å². The first kappa shape index (κ1) is 17.0. The van der Waals surface area contributed by atoms with Gasteiger partial charge < -0.3 is 15.5 Å². The number of aliphatic hydroxyl groups excluding tert-OH is 1. The number of amides is 1. The van der Waals surface area contributed by atoms with Crippen LogP contribution in [-0.2, 0) is 9.59 Å². The zero-order chi connectivity index (χ0) is 15.1. The summed E-state index contributed by atoms with van der Waals surface area (Å²) in [4.78, 5) is 23.4. The van der Waals surface area contributed by atoms with Crippen molar-refractivity contribution >= 4 is 11.9 Å². The first-order valence-corrected chi connectivity index (χ1v) is 7.60. The molecule has 1 amide bonds. The van der Waals surface area contributed by atoms with Crippen LogP contribution in [-0.4, -0.2) is 35.2 Å². The lowest BCUT2D eigenvalue weighted by molar-refractivity contribution is -0.146. The van der Waals surface area contributed by atoms with Crippen LogP contribution >= 0.6 is 0 Å². The van der Waals surface area contributed by atoms with E-state index in [-0.39, 0.29) is 24.3 Å². The molecule has 0 saturated heterocycles. The Morgan fingerprint density at radius 3 is 2.45 bits per heavy atom. The number of nitrogens with one attached hydrogen (secondary N) is 1. The molecule has 5 nitrogen and oxygen atoms in total. The van der Waals surface area contributed by atoms with Crippen molar-refractivity contribution in [2.75, 3.05) is 13.2 Å². The van der Waals surface area contributed by atoms with Crippen molar-refractivity contribution in [1.82, 2.24) is 5.32 Å². The van der Waals surface area contributed by atoms with Crippen LogP contribution in [0.5, 0.6) is 0 Å². The highest BCUT2D eigenvalue weighted by atomic mass is 16.4. The van der Waals surface area contributed by atoms with E-state index in [1.165, 1.54) is 0 Å². The van der Waals surface area contributed by atoms with Crippen LogP contribution in [0.15, 0.2) is 0 Å². The Bertz CT molecular complexity index is 326. The summed E-state index contributed by atoms with van der Waals surface area (Å²) in [6.07, 6.45) is 3.89. The van der Waals surface area contributed by atoms with Crippen LogP contribution in [0.2, 0.25) is 0 Å². The second kappa shape index (κ2) is 8.25. The minimum atomic E-state index is -0.866. The average molecular weight is 285 g/mol. The largest absolute Gasteiger partial charge is 0.481 e. The first-order chi connectivity index (χ1) is 9.49. The Labute approximate surface area is 120 Å². The van der Waals surface area contributed by atoms with Crippen molar-refractivity contribution in [3.8, 4) is 0 Å². The lowest BCUT2D eigenvalue weighted by Gasteiger charge is -2.19. The van der Waals surface area contributed by atoms with Gasteiger partial charge in [-0.3, -0.25) is 9.59 Å². The van der Waals surface area contributed by atoms with Gasteiger partial charge in [0.15, 0.2) is 0 Å². The third kappa shape index (κ3) is 4.78. The molecule has 0 aromatic rings. The summed E-state index contributed by atoms with van der Waals surface area (Å²) in [6.45, 7) is 4.73. The SMILES string of the molecule is CCCC(CCO)CNC(=O)[C@H]1CC(C)C[C@H]1C(=O)O. The molecule has 0 heterocycles. The van der Waals surface area contributed by atoms with Crippen molar-refractivity contribution in [2.24, 2.45) is 23.7 Å². The molecule has 116 valence electrons.